The number of anilines is 1. The van der Waals surface area contributed by atoms with Crippen LogP contribution in [-0.4, -0.2) is 36.6 Å². The van der Waals surface area contributed by atoms with Crippen LogP contribution in [0.1, 0.15) is 27.3 Å². The van der Waals surface area contributed by atoms with E-state index in [4.69, 9.17) is 16.3 Å². The fourth-order valence-electron chi connectivity index (χ4n) is 5.34. The molecule has 144 valence electrons. The van der Waals surface area contributed by atoms with Crippen molar-refractivity contribution in [3.63, 3.8) is 0 Å². The normalized spacial score (nSPS) is 18.9. The van der Waals surface area contributed by atoms with Crippen molar-refractivity contribution in [1.82, 2.24) is 9.97 Å². The molecular formula is C23H18ClN3O2. The molecule has 2 aliphatic rings. The van der Waals surface area contributed by atoms with Crippen molar-refractivity contribution < 1.29 is 9.53 Å². The molecule has 0 saturated heterocycles. The molecule has 0 fully saturated rings. The number of aromatic nitrogens is 2. The molecule has 6 heteroatoms. The summed E-state index contributed by atoms with van der Waals surface area (Å²) >= 11 is 6.33. The van der Waals surface area contributed by atoms with Crippen molar-refractivity contribution in [2.24, 2.45) is 0 Å². The van der Waals surface area contributed by atoms with Crippen molar-refractivity contribution >= 4 is 34.2 Å². The van der Waals surface area contributed by atoms with E-state index in [1.165, 1.54) is 18.4 Å². The third kappa shape index (κ3) is 1.88. The predicted molar refractivity (Wildman–Crippen MR) is 114 cm³/mol. The first-order chi connectivity index (χ1) is 14.1. The molecule has 2 N–H and O–H groups in total. The topological polar surface area (TPSA) is 61.1 Å². The van der Waals surface area contributed by atoms with Crippen LogP contribution in [0.4, 0.5) is 5.69 Å². The molecular weight excluding hydrogens is 386 g/mol. The van der Waals surface area contributed by atoms with Gasteiger partial charge in [-0.2, -0.15) is 0 Å². The van der Waals surface area contributed by atoms with Crippen molar-refractivity contribution in [3.05, 3.63) is 76.2 Å². The monoisotopic (exact) mass is 403 g/mol. The highest BCUT2D eigenvalue weighted by atomic mass is 35.5. The van der Waals surface area contributed by atoms with E-state index in [1.807, 2.05) is 24.4 Å². The lowest BCUT2D eigenvalue weighted by molar-refractivity contribution is 0.0592. The van der Waals surface area contributed by atoms with Crippen LogP contribution in [-0.2, 0) is 10.2 Å². The Morgan fingerprint density at radius 3 is 2.90 bits per heavy atom. The average molecular weight is 404 g/mol. The highest BCUT2D eigenvalue weighted by Crippen LogP contribution is 2.60. The van der Waals surface area contributed by atoms with Crippen molar-refractivity contribution in [2.45, 2.75) is 5.41 Å². The number of hydrogen-bond acceptors (Lipinski definition) is 3. The lowest BCUT2D eigenvalue weighted by atomic mass is 9.76. The number of fused-ring (bicyclic) bond motifs is 9. The van der Waals surface area contributed by atoms with E-state index < -0.39 is 5.41 Å². The van der Waals surface area contributed by atoms with Gasteiger partial charge in [0.15, 0.2) is 0 Å². The summed E-state index contributed by atoms with van der Waals surface area (Å²) < 4.78 is 5.10. The van der Waals surface area contributed by atoms with Gasteiger partial charge in [-0.1, -0.05) is 29.8 Å². The van der Waals surface area contributed by atoms with Crippen LogP contribution in [0.5, 0.6) is 0 Å². The van der Waals surface area contributed by atoms with Crippen LogP contribution in [0, 0.1) is 0 Å². The number of para-hydroxylation sites is 1. The van der Waals surface area contributed by atoms with Gasteiger partial charge in [0, 0.05) is 63.8 Å². The number of aromatic amines is 2. The van der Waals surface area contributed by atoms with E-state index in [9.17, 15) is 4.79 Å². The number of nitrogens with zero attached hydrogens (tertiary/aromatic N) is 1. The maximum absolute atomic E-state index is 12.7. The molecule has 1 aliphatic heterocycles. The quantitative estimate of drug-likeness (QED) is 0.453. The molecule has 4 aromatic rings. The molecule has 1 unspecified atom stereocenters. The van der Waals surface area contributed by atoms with Crippen molar-refractivity contribution in [1.29, 1.82) is 0 Å². The zero-order chi connectivity index (χ0) is 19.9. The van der Waals surface area contributed by atoms with Gasteiger partial charge in [0.1, 0.15) is 5.69 Å². The van der Waals surface area contributed by atoms with Crippen LogP contribution in [0.25, 0.3) is 22.0 Å². The number of hydrogen-bond donors (Lipinski definition) is 2. The number of benzene rings is 2. The van der Waals surface area contributed by atoms with Crippen LogP contribution in [0.2, 0.25) is 5.02 Å². The van der Waals surface area contributed by atoms with E-state index in [0.29, 0.717) is 10.7 Å². The van der Waals surface area contributed by atoms with Gasteiger partial charge in [-0.05, 0) is 29.8 Å². The third-order valence-corrected chi connectivity index (χ3v) is 6.64. The lowest BCUT2D eigenvalue weighted by Gasteiger charge is -2.27. The van der Waals surface area contributed by atoms with E-state index in [0.717, 1.165) is 39.8 Å². The summed E-state index contributed by atoms with van der Waals surface area (Å²) in [5.74, 6) is -0.356. The second-order valence-corrected chi connectivity index (χ2v) is 8.22. The Morgan fingerprint density at radius 2 is 2.07 bits per heavy atom. The minimum Gasteiger partial charge on any atom is -0.464 e. The van der Waals surface area contributed by atoms with Crippen LogP contribution < -0.4 is 4.90 Å². The second kappa shape index (κ2) is 5.45. The lowest BCUT2D eigenvalue weighted by Crippen LogP contribution is -2.34. The number of H-pyrrole nitrogens is 2. The zero-order valence-corrected chi connectivity index (χ0v) is 16.7. The highest BCUT2D eigenvalue weighted by molar-refractivity contribution is 6.31. The molecule has 0 radical (unpaired) electrons. The van der Waals surface area contributed by atoms with Gasteiger partial charge in [0.05, 0.1) is 12.5 Å². The number of carbonyl (C=O) groups excluding carboxylic acids is 1. The maximum Gasteiger partial charge on any atom is 0.354 e. The summed E-state index contributed by atoms with van der Waals surface area (Å²) in [5, 5.41) is 1.75. The highest BCUT2D eigenvalue weighted by Gasteiger charge is 2.54. The van der Waals surface area contributed by atoms with Crippen LogP contribution >= 0.6 is 11.6 Å². The summed E-state index contributed by atoms with van der Waals surface area (Å²) in [5.41, 5.74) is 7.63. The molecule has 1 aliphatic carbocycles. The number of carbonyl (C=O) groups is 1. The first-order valence-corrected chi connectivity index (χ1v) is 9.87. The Kier molecular flexibility index (Phi) is 3.15. The van der Waals surface area contributed by atoms with Crippen molar-refractivity contribution in [2.75, 3.05) is 25.6 Å². The van der Waals surface area contributed by atoms with E-state index in [2.05, 4.69) is 46.2 Å². The number of halogens is 1. The largest absolute Gasteiger partial charge is 0.464 e. The number of likely N-dealkylation sites (N-methyl/N-ethyl adjacent to an activating group) is 1. The first-order valence-electron chi connectivity index (χ1n) is 9.49. The van der Waals surface area contributed by atoms with Gasteiger partial charge in [-0.15, -0.1) is 0 Å². The van der Waals surface area contributed by atoms with E-state index in [1.54, 1.807) is 0 Å². The molecule has 2 aromatic heterocycles. The Morgan fingerprint density at radius 1 is 1.24 bits per heavy atom. The van der Waals surface area contributed by atoms with Gasteiger partial charge in [-0.3, -0.25) is 0 Å². The molecule has 6 rings (SSSR count). The van der Waals surface area contributed by atoms with Crippen molar-refractivity contribution in [3.8, 4) is 11.1 Å². The molecule has 1 spiro atoms. The zero-order valence-electron chi connectivity index (χ0n) is 16.0. The summed E-state index contributed by atoms with van der Waals surface area (Å²) in [6, 6.07) is 14.3. The maximum atomic E-state index is 12.7. The number of esters is 1. The Balaban J connectivity index is 1.79. The minimum atomic E-state index is -0.481. The first kappa shape index (κ1) is 16.7. The third-order valence-electron chi connectivity index (χ3n) is 6.40. The Labute approximate surface area is 172 Å². The van der Waals surface area contributed by atoms with Gasteiger partial charge in [0.2, 0.25) is 0 Å². The molecule has 3 heterocycles. The number of ether oxygens (including phenoxy) is 1. The van der Waals surface area contributed by atoms with Gasteiger partial charge >= 0.3 is 5.97 Å². The molecule has 0 bridgehead atoms. The molecule has 0 saturated carbocycles. The summed E-state index contributed by atoms with van der Waals surface area (Å²) in [7, 11) is 3.51. The average Bonchev–Trinajstić information content (AvgIpc) is 3.44. The Hall–Kier alpha value is -3.18. The van der Waals surface area contributed by atoms with Gasteiger partial charge in [-0.25, -0.2) is 4.79 Å². The SMILES string of the molecule is COC(=O)c1[nH]cc2c1C1(CN(C)c3ccccc31)c1[nH]c3ccc(Cl)cc3c1-2. The smallest absolute Gasteiger partial charge is 0.354 e. The summed E-state index contributed by atoms with van der Waals surface area (Å²) in [6.45, 7) is 0.731. The molecule has 29 heavy (non-hydrogen) atoms. The van der Waals surface area contributed by atoms with E-state index >= 15 is 0 Å². The molecule has 0 amide bonds. The van der Waals surface area contributed by atoms with Gasteiger partial charge < -0.3 is 19.6 Å². The number of rotatable bonds is 1. The summed E-state index contributed by atoms with van der Waals surface area (Å²) in [6.07, 6.45) is 1.92. The molecule has 2 aromatic carbocycles. The number of methoxy groups -OCH3 is 1. The van der Waals surface area contributed by atoms with E-state index in [-0.39, 0.29) is 5.97 Å². The molecule has 5 nitrogen and oxygen atoms in total. The number of nitrogens with one attached hydrogen (secondary N) is 2. The molecule has 1 atom stereocenters. The Bertz CT molecular complexity index is 1340. The standard InChI is InChI=1S/C23H18ClN3O2/c1-27-11-23(15-5-3-4-6-17(15)27)19-14(10-25-20(19)22(28)29-2)18-13-9-12(24)7-8-16(13)26-21(18)23/h3-10,25-26H,11H2,1-2H3. The van der Waals surface area contributed by atoms with Gasteiger partial charge in [0.25, 0.3) is 0 Å². The summed E-state index contributed by atoms with van der Waals surface area (Å²) in [4.78, 5) is 21.8. The van der Waals surface area contributed by atoms with Crippen LogP contribution in [0.3, 0.4) is 0 Å². The second-order valence-electron chi connectivity index (χ2n) is 7.79. The fraction of sp³-hybridized carbons (Fsp3) is 0.174. The predicted octanol–water partition coefficient (Wildman–Crippen LogP) is 4.70. The minimum absolute atomic E-state index is 0.356. The van der Waals surface area contributed by atoms with Crippen LogP contribution in [0.15, 0.2) is 48.7 Å². The fourth-order valence-corrected chi connectivity index (χ4v) is 5.51.